The summed E-state index contributed by atoms with van der Waals surface area (Å²) in [6.07, 6.45) is 1.86. The molecule has 7 heteroatoms. The molecule has 2 aliphatic heterocycles. The van der Waals surface area contributed by atoms with Gasteiger partial charge in [0.15, 0.2) is 11.5 Å². The quantitative estimate of drug-likeness (QED) is 0.782. The third-order valence-electron chi connectivity index (χ3n) is 5.96. The molecule has 0 aromatic heterocycles. The number of benzene rings is 2. The van der Waals surface area contributed by atoms with Gasteiger partial charge in [0.2, 0.25) is 0 Å². The summed E-state index contributed by atoms with van der Waals surface area (Å²) >= 11 is 0. The summed E-state index contributed by atoms with van der Waals surface area (Å²) in [7, 11) is 3.27. The average Bonchev–Trinajstić information content (AvgIpc) is 2.74. The lowest BCUT2D eigenvalue weighted by atomic mass is 9.68. The van der Waals surface area contributed by atoms with Gasteiger partial charge < -0.3 is 30.0 Å². The first kappa shape index (κ1) is 19.0. The summed E-state index contributed by atoms with van der Waals surface area (Å²) in [6, 6.07) is 11.0. The Balaban J connectivity index is 1.85. The van der Waals surface area contributed by atoms with E-state index in [0.29, 0.717) is 11.5 Å². The Morgan fingerprint density at radius 1 is 1.14 bits per heavy atom. The number of fused-ring (bicyclic) bond motifs is 2. The van der Waals surface area contributed by atoms with Crippen LogP contribution in [0, 0.1) is 5.21 Å². The van der Waals surface area contributed by atoms with Crippen LogP contribution in [0.25, 0.3) is 0 Å². The Bertz CT molecular complexity index is 849. The third-order valence-corrected chi connectivity index (χ3v) is 5.96. The SMILES string of the molecule is COc1cc2c(cc1OC)C1(CCOCC1)CN[C@@H]2c1cccc(N([O-])O)c1. The highest BCUT2D eigenvalue weighted by Crippen LogP contribution is 2.47. The van der Waals surface area contributed by atoms with Crippen LogP contribution in [0.4, 0.5) is 5.69 Å². The predicted molar refractivity (Wildman–Crippen MR) is 105 cm³/mol. The average molecular weight is 385 g/mol. The molecule has 2 heterocycles. The topological polar surface area (TPSA) is 86.2 Å². The Hall–Kier alpha value is -2.32. The molecular weight excluding hydrogens is 360 g/mol. The van der Waals surface area contributed by atoms with Gasteiger partial charge in [-0.3, -0.25) is 5.21 Å². The first-order chi connectivity index (χ1) is 13.6. The molecule has 0 unspecified atom stereocenters. The maximum atomic E-state index is 11.4. The molecule has 0 saturated carbocycles. The van der Waals surface area contributed by atoms with E-state index in [9.17, 15) is 10.4 Å². The molecule has 2 N–H and O–H groups in total. The highest BCUT2D eigenvalue weighted by molar-refractivity contribution is 5.56. The molecule has 1 atom stereocenters. The van der Waals surface area contributed by atoms with Crippen molar-refractivity contribution in [3.05, 3.63) is 58.3 Å². The molecule has 0 radical (unpaired) electrons. The lowest BCUT2D eigenvalue weighted by molar-refractivity contribution is 0.0460. The van der Waals surface area contributed by atoms with E-state index in [-0.39, 0.29) is 22.4 Å². The van der Waals surface area contributed by atoms with Crippen LogP contribution in [0.1, 0.15) is 35.6 Å². The number of ether oxygens (including phenoxy) is 3. The Morgan fingerprint density at radius 3 is 2.54 bits per heavy atom. The number of rotatable bonds is 4. The minimum absolute atomic E-state index is 0.0250. The van der Waals surface area contributed by atoms with Crippen molar-refractivity contribution >= 4 is 5.69 Å². The van der Waals surface area contributed by atoms with Crippen LogP contribution in [0.5, 0.6) is 11.5 Å². The molecule has 4 rings (SSSR count). The van der Waals surface area contributed by atoms with Gasteiger partial charge in [0.05, 0.1) is 25.9 Å². The van der Waals surface area contributed by atoms with Crippen molar-refractivity contribution in [2.75, 3.05) is 39.2 Å². The number of hydrogen-bond acceptors (Lipinski definition) is 7. The van der Waals surface area contributed by atoms with Gasteiger partial charge in [-0.25, -0.2) is 0 Å². The van der Waals surface area contributed by atoms with Crippen molar-refractivity contribution in [3.63, 3.8) is 0 Å². The standard InChI is InChI=1S/C21H25N2O5/c1-26-18-11-16-17(12-19(18)27-2)21(6-8-28-9-7-21)13-22-20(16)14-4-3-5-15(10-14)23(24)25/h3-5,10-12,20,22,24H,6-9,13H2,1-2H3/q-1/t20-/m1/s1. The molecule has 7 nitrogen and oxygen atoms in total. The molecule has 1 saturated heterocycles. The van der Waals surface area contributed by atoms with Gasteiger partial charge in [-0.15, -0.1) is 0 Å². The molecule has 1 spiro atoms. The zero-order valence-corrected chi connectivity index (χ0v) is 16.1. The maximum Gasteiger partial charge on any atom is 0.161 e. The van der Waals surface area contributed by atoms with Gasteiger partial charge in [0.25, 0.3) is 0 Å². The van der Waals surface area contributed by atoms with Gasteiger partial charge in [0, 0.05) is 25.2 Å². The summed E-state index contributed by atoms with van der Waals surface area (Å²) < 4.78 is 16.7. The summed E-state index contributed by atoms with van der Waals surface area (Å²) in [6.45, 7) is 2.25. The molecule has 2 aliphatic rings. The smallest absolute Gasteiger partial charge is 0.161 e. The Kier molecular flexibility index (Phi) is 5.16. The lowest BCUT2D eigenvalue weighted by Gasteiger charge is -2.45. The van der Waals surface area contributed by atoms with E-state index in [4.69, 9.17) is 14.2 Å². The van der Waals surface area contributed by atoms with E-state index in [1.165, 1.54) is 5.56 Å². The first-order valence-corrected chi connectivity index (χ1v) is 9.41. The number of nitrogens with zero attached hydrogens (tertiary/aromatic N) is 1. The second-order valence-electron chi connectivity index (χ2n) is 7.37. The number of hydrogen-bond donors (Lipinski definition) is 2. The molecule has 2 aromatic carbocycles. The fourth-order valence-corrected chi connectivity index (χ4v) is 4.42. The molecule has 0 amide bonds. The van der Waals surface area contributed by atoms with Gasteiger partial charge in [-0.2, -0.15) is 0 Å². The van der Waals surface area contributed by atoms with Crippen LogP contribution in [-0.2, 0) is 10.2 Å². The largest absolute Gasteiger partial charge is 0.733 e. The fourth-order valence-electron chi connectivity index (χ4n) is 4.42. The molecule has 0 aliphatic carbocycles. The van der Waals surface area contributed by atoms with Gasteiger partial charge in [-0.05, 0) is 53.8 Å². The molecule has 1 fully saturated rings. The normalized spacial score (nSPS) is 20.5. The molecule has 0 bridgehead atoms. The number of methoxy groups -OCH3 is 2. The van der Waals surface area contributed by atoms with Crippen LogP contribution < -0.4 is 20.0 Å². The third kappa shape index (κ3) is 3.20. The first-order valence-electron chi connectivity index (χ1n) is 9.41. The van der Waals surface area contributed by atoms with Crippen LogP contribution in [-0.4, -0.2) is 39.2 Å². The van der Waals surface area contributed by atoms with Crippen molar-refractivity contribution in [3.8, 4) is 11.5 Å². The van der Waals surface area contributed by atoms with E-state index in [0.717, 1.165) is 43.7 Å². The zero-order valence-electron chi connectivity index (χ0n) is 16.1. The van der Waals surface area contributed by atoms with Crippen molar-refractivity contribution in [1.29, 1.82) is 0 Å². The maximum absolute atomic E-state index is 11.4. The second-order valence-corrected chi connectivity index (χ2v) is 7.37. The molecule has 150 valence electrons. The Morgan fingerprint density at radius 2 is 1.86 bits per heavy atom. The molecular formula is C21H25N2O5-. The minimum atomic E-state index is -0.122. The van der Waals surface area contributed by atoms with Crippen LogP contribution in [0.15, 0.2) is 36.4 Å². The van der Waals surface area contributed by atoms with Crippen molar-refractivity contribution in [1.82, 2.24) is 5.32 Å². The highest BCUT2D eigenvalue weighted by atomic mass is 16.8. The van der Waals surface area contributed by atoms with Crippen LogP contribution in [0.3, 0.4) is 0 Å². The van der Waals surface area contributed by atoms with E-state index in [1.807, 2.05) is 12.1 Å². The lowest BCUT2D eigenvalue weighted by Crippen LogP contribution is -2.48. The van der Waals surface area contributed by atoms with Crippen molar-refractivity contribution in [2.45, 2.75) is 24.3 Å². The number of anilines is 1. The number of nitrogens with one attached hydrogen (secondary N) is 1. The molecule has 2 aromatic rings. The molecule has 28 heavy (non-hydrogen) atoms. The monoisotopic (exact) mass is 385 g/mol. The summed E-state index contributed by atoms with van der Waals surface area (Å²) in [5, 5.41) is 24.2. The summed E-state index contributed by atoms with van der Waals surface area (Å²) in [5.41, 5.74) is 3.40. The van der Waals surface area contributed by atoms with E-state index < -0.39 is 0 Å². The van der Waals surface area contributed by atoms with E-state index >= 15 is 0 Å². The summed E-state index contributed by atoms with van der Waals surface area (Å²) in [5.74, 6) is 1.38. The van der Waals surface area contributed by atoms with Crippen LogP contribution >= 0.6 is 0 Å². The summed E-state index contributed by atoms with van der Waals surface area (Å²) in [4.78, 5) is 0. The highest BCUT2D eigenvalue weighted by Gasteiger charge is 2.42. The van der Waals surface area contributed by atoms with Crippen LogP contribution in [0.2, 0.25) is 0 Å². The van der Waals surface area contributed by atoms with Gasteiger partial charge in [0.1, 0.15) is 0 Å². The van der Waals surface area contributed by atoms with Gasteiger partial charge >= 0.3 is 0 Å². The Labute approximate surface area is 164 Å². The second kappa shape index (κ2) is 7.60. The fraction of sp³-hybridized carbons (Fsp3) is 0.429. The van der Waals surface area contributed by atoms with E-state index in [2.05, 4.69) is 11.4 Å². The zero-order chi connectivity index (χ0) is 19.7. The van der Waals surface area contributed by atoms with Crippen molar-refractivity contribution in [2.24, 2.45) is 0 Å². The van der Waals surface area contributed by atoms with Crippen molar-refractivity contribution < 1.29 is 19.4 Å². The minimum Gasteiger partial charge on any atom is -0.733 e. The predicted octanol–water partition coefficient (Wildman–Crippen LogP) is 3.14. The van der Waals surface area contributed by atoms with Gasteiger partial charge in [-0.1, -0.05) is 12.1 Å². The van der Waals surface area contributed by atoms with E-state index in [1.54, 1.807) is 32.4 Å².